The average molecular weight is 420 g/mol. The number of benzene rings is 2. The fraction of sp³-hybridized carbons (Fsp3) is 0.300. The van der Waals surface area contributed by atoms with Gasteiger partial charge in [-0.2, -0.15) is 4.99 Å². The minimum Gasteiger partial charge on any atom is -0.454 e. The highest BCUT2D eigenvalue weighted by Gasteiger charge is 2.16. The third kappa shape index (κ3) is 4.15. The van der Waals surface area contributed by atoms with Crippen LogP contribution < -0.4 is 14.3 Å². The Balaban J connectivity index is 1.67. The van der Waals surface area contributed by atoms with E-state index in [1.165, 1.54) is 6.07 Å². The monoisotopic (exact) mass is 420 g/mol. The van der Waals surface area contributed by atoms with E-state index in [0.29, 0.717) is 40.8 Å². The topological polar surface area (TPSA) is 62.1 Å². The first-order valence-electron chi connectivity index (χ1n) is 9.07. The molecule has 2 aromatic carbocycles. The number of rotatable bonds is 6. The largest absolute Gasteiger partial charge is 0.454 e. The number of halogens is 2. The van der Waals surface area contributed by atoms with E-state index in [0.717, 1.165) is 23.0 Å². The zero-order valence-corrected chi connectivity index (χ0v) is 16.4. The van der Waals surface area contributed by atoms with Gasteiger partial charge in [-0.15, -0.1) is 0 Å². The summed E-state index contributed by atoms with van der Waals surface area (Å²) in [4.78, 5) is 17.0. The molecule has 0 aliphatic carbocycles. The molecule has 152 valence electrons. The molecule has 9 heteroatoms. The summed E-state index contributed by atoms with van der Waals surface area (Å²) in [5, 5.41) is 0. The number of carbonyl (C=O) groups excluding carboxylic acids is 1. The number of ether oxygens (including phenoxy) is 3. The molecule has 3 aromatic rings. The van der Waals surface area contributed by atoms with Crippen LogP contribution in [0.1, 0.15) is 12.5 Å². The molecular formula is C20H18F2N2O4S. The maximum Gasteiger partial charge on any atom is 0.252 e. The van der Waals surface area contributed by atoms with Crippen LogP contribution in [0, 0.1) is 11.6 Å². The molecule has 0 saturated heterocycles. The van der Waals surface area contributed by atoms with Crippen molar-refractivity contribution in [3.8, 4) is 11.5 Å². The van der Waals surface area contributed by atoms with Crippen LogP contribution in [0.2, 0.25) is 0 Å². The number of nitrogens with zero attached hydrogens (tertiary/aromatic N) is 2. The summed E-state index contributed by atoms with van der Waals surface area (Å²) in [6.45, 7) is 3.14. The number of fused-ring (bicyclic) bond motifs is 2. The van der Waals surface area contributed by atoms with Gasteiger partial charge < -0.3 is 18.8 Å². The van der Waals surface area contributed by atoms with E-state index >= 15 is 0 Å². The van der Waals surface area contributed by atoms with Crippen molar-refractivity contribution in [2.75, 3.05) is 20.0 Å². The van der Waals surface area contributed by atoms with Crippen molar-refractivity contribution in [2.45, 2.75) is 19.9 Å². The lowest BCUT2D eigenvalue weighted by atomic mass is 10.1. The van der Waals surface area contributed by atoms with E-state index in [9.17, 15) is 13.6 Å². The van der Waals surface area contributed by atoms with Gasteiger partial charge in [-0.25, -0.2) is 8.78 Å². The first-order chi connectivity index (χ1) is 14.0. The third-order valence-corrected chi connectivity index (χ3v) is 5.40. The van der Waals surface area contributed by atoms with E-state index in [1.54, 1.807) is 22.8 Å². The smallest absolute Gasteiger partial charge is 0.252 e. The molecule has 0 atom stereocenters. The van der Waals surface area contributed by atoms with E-state index in [2.05, 4.69) is 4.99 Å². The quantitative estimate of drug-likeness (QED) is 0.574. The summed E-state index contributed by atoms with van der Waals surface area (Å²) in [7, 11) is 0. The van der Waals surface area contributed by atoms with E-state index in [1.807, 2.05) is 6.92 Å². The van der Waals surface area contributed by atoms with Crippen molar-refractivity contribution in [2.24, 2.45) is 4.99 Å². The van der Waals surface area contributed by atoms with Crippen molar-refractivity contribution in [3.63, 3.8) is 0 Å². The Labute approximate surface area is 169 Å². The number of thiazole rings is 1. The van der Waals surface area contributed by atoms with Crippen LogP contribution in [0.15, 0.2) is 35.3 Å². The highest BCUT2D eigenvalue weighted by atomic mass is 32.1. The van der Waals surface area contributed by atoms with Gasteiger partial charge in [-0.3, -0.25) is 4.79 Å². The van der Waals surface area contributed by atoms with Crippen molar-refractivity contribution in [3.05, 3.63) is 52.3 Å². The van der Waals surface area contributed by atoms with Crippen LogP contribution in [-0.4, -0.2) is 30.5 Å². The third-order valence-electron chi connectivity index (χ3n) is 4.37. The van der Waals surface area contributed by atoms with Gasteiger partial charge >= 0.3 is 0 Å². The second kappa shape index (κ2) is 8.30. The number of hydrogen-bond acceptors (Lipinski definition) is 5. The van der Waals surface area contributed by atoms with Crippen molar-refractivity contribution < 1.29 is 27.8 Å². The summed E-state index contributed by atoms with van der Waals surface area (Å²) < 4.78 is 45.9. The highest BCUT2D eigenvalue weighted by molar-refractivity contribution is 7.16. The second-order valence-corrected chi connectivity index (χ2v) is 7.35. The minimum absolute atomic E-state index is 0.0488. The normalized spacial score (nSPS) is 13.4. The van der Waals surface area contributed by atoms with E-state index in [-0.39, 0.29) is 18.7 Å². The van der Waals surface area contributed by atoms with Crippen LogP contribution in [-0.2, 0) is 22.5 Å². The molecule has 2 heterocycles. The lowest BCUT2D eigenvalue weighted by molar-refractivity contribution is -0.117. The van der Waals surface area contributed by atoms with Crippen LogP contribution >= 0.6 is 11.3 Å². The lowest BCUT2D eigenvalue weighted by Gasteiger charge is -2.06. The van der Waals surface area contributed by atoms with Gasteiger partial charge in [0.25, 0.3) is 5.91 Å². The summed E-state index contributed by atoms with van der Waals surface area (Å²) >= 11 is 1.06. The predicted octanol–water partition coefficient (Wildman–Crippen LogP) is 3.42. The molecule has 1 aliphatic rings. The maximum absolute atomic E-state index is 14.4. The molecule has 0 bridgehead atoms. The Morgan fingerprint density at radius 2 is 2.07 bits per heavy atom. The highest BCUT2D eigenvalue weighted by Crippen LogP contribution is 2.32. The predicted molar refractivity (Wildman–Crippen MR) is 103 cm³/mol. The molecule has 1 aromatic heterocycles. The summed E-state index contributed by atoms with van der Waals surface area (Å²) in [5.74, 6) is -0.555. The molecule has 0 fully saturated rings. The fourth-order valence-electron chi connectivity index (χ4n) is 3.09. The molecular weight excluding hydrogens is 402 g/mol. The van der Waals surface area contributed by atoms with E-state index < -0.39 is 17.5 Å². The molecule has 0 saturated carbocycles. The zero-order valence-electron chi connectivity index (χ0n) is 15.6. The Hall–Kier alpha value is -2.78. The zero-order chi connectivity index (χ0) is 20.4. The SMILES string of the molecule is CCOCCn1c(=NC(=O)Cc2ccc3c(c2)OCO3)sc2cc(F)cc(F)c21. The average Bonchev–Trinajstić information content (AvgIpc) is 3.26. The van der Waals surface area contributed by atoms with Gasteiger partial charge in [0.05, 0.1) is 23.2 Å². The van der Waals surface area contributed by atoms with Gasteiger partial charge in [-0.05, 0) is 30.7 Å². The van der Waals surface area contributed by atoms with Crippen LogP contribution in [0.5, 0.6) is 11.5 Å². The summed E-state index contributed by atoms with van der Waals surface area (Å²) in [5.41, 5.74) is 0.938. The fourth-order valence-corrected chi connectivity index (χ4v) is 4.21. The summed E-state index contributed by atoms with van der Waals surface area (Å²) in [6, 6.07) is 7.31. The first kappa shape index (κ1) is 19.5. The molecule has 0 unspecified atom stereocenters. The Bertz CT molecular complexity index is 1140. The molecule has 1 amide bonds. The molecule has 0 spiro atoms. The lowest BCUT2D eigenvalue weighted by Crippen LogP contribution is -2.20. The standard InChI is InChI=1S/C20H18F2N2O4S/c1-2-26-6-5-24-19-14(22)9-13(21)10-17(19)29-20(24)23-18(25)8-12-3-4-15-16(7-12)28-11-27-15/h3-4,7,9-10H,2,5-6,8,11H2,1H3. The van der Waals surface area contributed by atoms with Gasteiger partial charge in [0.2, 0.25) is 6.79 Å². The number of hydrogen-bond donors (Lipinski definition) is 0. The molecule has 0 radical (unpaired) electrons. The molecule has 29 heavy (non-hydrogen) atoms. The van der Waals surface area contributed by atoms with Crippen LogP contribution in [0.25, 0.3) is 10.2 Å². The minimum atomic E-state index is -0.697. The van der Waals surface area contributed by atoms with Crippen molar-refractivity contribution in [1.29, 1.82) is 0 Å². The van der Waals surface area contributed by atoms with Gasteiger partial charge in [-0.1, -0.05) is 17.4 Å². The Morgan fingerprint density at radius 3 is 2.90 bits per heavy atom. The van der Waals surface area contributed by atoms with Crippen LogP contribution in [0.3, 0.4) is 0 Å². The molecule has 4 rings (SSSR count). The number of amides is 1. The number of aromatic nitrogens is 1. The molecule has 1 aliphatic heterocycles. The van der Waals surface area contributed by atoms with Crippen LogP contribution in [0.4, 0.5) is 8.78 Å². The van der Waals surface area contributed by atoms with Gasteiger partial charge in [0.1, 0.15) is 5.82 Å². The van der Waals surface area contributed by atoms with E-state index in [4.69, 9.17) is 14.2 Å². The van der Waals surface area contributed by atoms with Gasteiger partial charge in [0.15, 0.2) is 22.1 Å². The second-order valence-electron chi connectivity index (χ2n) is 6.34. The number of carbonyl (C=O) groups is 1. The maximum atomic E-state index is 14.4. The summed E-state index contributed by atoms with van der Waals surface area (Å²) in [6.07, 6.45) is 0.0488. The molecule has 0 N–H and O–H groups in total. The van der Waals surface area contributed by atoms with Crippen molar-refractivity contribution >= 4 is 27.5 Å². The Kier molecular flexibility index (Phi) is 5.59. The van der Waals surface area contributed by atoms with Gasteiger partial charge in [0, 0.05) is 19.2 Å². The molecule has 6 nitrogen and oxygen atoms in total. The first-order valence-corrected chi connectivity index (χ1v) is 9.89. The van der Waals surface area contributed by atoms with Crippen molar-refractivity contribution in [1.82, 2.24) is 4.57 Å². The Morgan fingerprint density at radius 1 is 1.24 bits per heavy atom.